The number of nitrogens with zero attached hydrogens (tertiary/aromatic N) is 1. The van der Waals surface area contributed by atoms with Crippen molar-refractivity contribution in [3.8, 4) is 0 Å². The maximum Gasteiger partial charge on any atom is 0.218 e. The second kappa shape index (κ2) is 6.93. The average molecular weight is 314 g/mol. The van der Waals surface area contributed by atoms with E-state index in [2.05, 4.69) is 5.32 Å². The first kappa shape index (κ1) is 15.8. The number of hydrogen-bond donors (Lipinski definition) is 1. The average Bonchev–Trinajstić information content (AvgIpc) is 2.39. The summed E-state index contributed by atoms with van der Waals surface area (Å²) >= 11 is 1.82. The van der Waals surface area contributed by atoms with Crippen LogP contribution in [0.4, 0.5) is 0 Å². The van der Waals surface area contributed by atoms with Gasteiger partial charge in [-0.1, -0.05) is 24.3 Å². The molecule has 1 aliphatic rings. The van der Waals surface area contributed by atoms with Gasteiger partial charge in [0.1, 0.15) is 0 Å². The van der Waals surface area contributed by atoms with Crippen molar-refractivity contribution in [3.05, 3.63) is 35.4 Å². The zero-order valence-corrected chi connectivity index (χ0v) is 13.6. The molecule has 1 aromatic carbocycles. The van der Waals surface area contributed by atoms with E-state index in [-0.39, 0.29) is 11.8 Å². The van der Waals surface area contributed by atoms with E-state index < -0.39 is 10.0 Å². The molecule has 1 atom stereocenters. The highest BCUT2D eigenvalue weighted by atomic mass is 32.2. The van der Waals surface area contributed by atoms with E-state index in [0.717, 1.165) is 29.2 Å². The summed E-state index contributed by atoms with van der Waals surface area (Å²) in [5.74, 6) is 1.88. The summed E-state index contributed by atoms with van der Waals surface area (Å²) < 4.78 is 26.7. The molecule has 6 heteroatoms. The van der Waals surface area contributed by atoms with Gasteiger partial charge in [-0.2, -0.15) is 16.1 Å². The van der Waals surface area contributed by atoms with Crippen LogP contribution in [0.15, 0.2) is 24.3 Å². The van der Waals surface area contributed by atoms with E-state index in [1.165, 1.54) is 0 Å². The lowest BCUT2D eigenvalue weighted by Gasteiger charge is -2.32. The van der Waals surface area contributed by atoms with Gasteiger partial charge in [0.2, 0.25) is 10.0 Å². The highest BCUT2D eigenvalue weighted by Crippen LogP contribution is 2.22. The third kappa shape index (κ3) is 3.97. The maximum atomic E-state index is 12.5. The van der Waals surface area contributed by atoms with Crippen LogP contribution in [-0.2, 0) is 22.3 Å². The molecular weight excluding hydrogens is 292 g/mol. The van der Waals surface area contributed by atoms with Gasteiger partial charge in [-0.25, -0.2) is 8.42 Å². The third-order valence-electron chi connectivity index (χ3n) is 3.39. The fourth-order valence-electron chi connectivity index (χ4n) is 2.45. The number of rotatable bonds is 5. The van der Waals surface area contributed by atoms with Gasteiger partial charge in [0.25, 0.3) is 0 Å². The second-order valence-corrected chi connectivity index (χ2v) is 8.21. The van der Waals surface area contributed by atoms with Crippen LogP contribution in [0, 0.1) is 0 Å². The van der Waals surface area contributed by atoms with Gasteiger partial charge in [-0.05, 0) is 25.1 Å². The Morgan fingerprint density at radius 3 is 2.85 bits per heavy atom. The lowest BCUT2D eigenvalue weighted by atomic mass is 10.1. The Balaban J connectivity index is 2.13. The van der Waals surface area contributed by atoms with Gasteiger partial charge in [0.05, 0.1) is 5.75 Å². The molecule has 1 fully saturated rings. The molecule has 1 aliphatic heterocycles. The minimum atomic E-state index is -3.22. The van der Waals surface area contributed by atoms with Crippen molar-refractivity contribution < 1.29 is 8.42 Å². The van der Waals surface area contributed by atoms with Crippen LogP contribution < -0.4 is 5.32 Å². The van der Waals surface area contributed by atoms with Crippen LogP contribution in [0.1, 0.15) is 18.1 Å². The standard InChI is InChI=1S/C14H22N2O2S2/c1-12-10-19-7-6-16(12)20(17,18)11-14-5-3-4-13(8-14)9-15-2/h3-5,8,12,15H,6-7,9-11H2,1-2H3. The Morgan fingerprint density at radius 1 is 1.40 bits per heavy atom. The number of sulfonamides is 1. The zero-order chi connectivity index (χ0) is 14.6. The number of hydrogen-bond acceptors (Lipinski definition) is 4. The molecule has 2 rings (SSSR count). The first-order chi connectivity index (χ1) is 9.53. The van der Waals surface area contributed by atoms with Crippen molar-refractivity contribution in [2.24, 2.45) is 0 Å². The summed E-state index contributed by atoms with van der Waals surface area (Å²) in [7, 11) is -1.33. The minimum absolute atomic E-state index is 0.0965. The topological polar surface area (TPSA) is 49.4 Å². The molecular formula is C14H22N2O2S2. The lowest BCUT2D eigenvalue weighted by molar-refractivity contribution is 0.367. The van der Waals surface area contributed by atoms with E-state index in [9.17, 15) is 8.42 Å². The van der Waals surface area contributed by atoms with Crippen molar-refractivity contribution in [2.75, 3.05) is 25.1 Å². The number of thioether (sulfide) groups is 1. The summed E-state index contributed by atoms with van der Waals surface area (Å²) in [6.45, 7) is 3.37. The van der Waals surface area contributed by atoms with Gasteiger partial charge in [0.15, 0.2) is 0 Å². The Bertz CT molecular complexity index is 546. The normalized spacial score (nSPS) is 21.0. The largest absolute Gasteiger partial charge is 0.316 e. The molecule has 112 valence electrons. The van der Waals surface area contributed by atoms with E-state index in [0.29, 0.717) is 6.54 Å². The van der Waals surface area contributed by atoms with Crippen LogP contribution in [0.25, 0.3) is 0 Å². The molecule has 0 radical (unpaired) electrons. The van der Waals surface area contributed by atoms with Gasteiger partial charge in [0, 0.05) is 30.6 Å². The first-order valence-corrected chi connectivity index (χ1v) is 9.59. The molecule has 0 saturated carbocycles. The van der Waals surface area contributed by atoms with Crippen LogP contribution in [0.3, 0.4) is 0 Å². The molecule has 0 amide bonds. The fourth-order valence-corrected chi connectivity index (χ4v) is 5.43. The molecule has 0 bridgehead atoms. The molecule has 0 aliphatic carbocycles. The fraction of sp³-hybridized carbons (Fsp3) is 0.571. The molecule has 20 heavy (non-hydrogen) atoms. The summed E-state index contributed by atoms with van der Waals surface area (Å²) in [6.07, 6.45) is 0. The van der Waals surface area contributed by atoms with Gasteiger partial charge in [-0.3, -0.25) is 0 Å². The van der Waals surface area contributed by atoms with E-state index in [4.69, 9.17) is 0 Å². The highest BCUT2D eigenvalue weighted by molar-refractivity contribution is 7.99. The van der Waals surface area contributed by atoms with E-state index in [1.807, 2.05) is 50.0 Å². The van der Waals surface area contributed by atoms with Crippen LogP contribution in [-0.4, -0.2) is 43.9 Å². The van der Waals surface area contributed by atoms with Crippen molar-refractivity contribution in [3.63, 3.8) is 0 Å². The number of nitrogens with one attached hydrogen (secondary N) is 1. The predicted molar refractivity (Wildman–Crippen MR) is 85.3 cm³/mol. The molecule has 0 aromatic heterocycles. The Hall–Kier alpha value is -0.560. The molecule has 4 nitrogen and oxygen atoms in total. The summed E-state index contributed by atoms with van der Waals surface area (Å²) in [5.41, 5.74) is 1.98. The molecule has 1 saturated heterocycles. The molecule has 1 aromatic rings. The third-order valence-corrected chi connectivity index (χ3v) is 6.53. The van der Waals surface area contributed by atoms with Crippen LogP contribution in [0.2, 0.25) is 0 Å². The SMILES string of the molecule is CNCc1cccc(CS(=O)(=O)N2CCSCC2C)c1. The van der Waals surface area contributed by atoms with Gasteiger partial charge < -0.3 is 5.32 Å². The quantitative estimate of drug-likeness (QED) is 0.898. The smallest absolute Gasteiger partial charge is 0.218 e. The number of benzene rings is 1. The van der Waals surface area contributed by atoms with Gasteiger partial charge in [-0.15, -0.1) is 0 Å². The van der Waals surface area contributed by atoms with Crippen LogP contribution >= 0.6 is 11.8 Å². The Kier molecular flexibility index (Phi) is 5.49. The van der Waals surface area contributed by atoms with Crippen molar-refractivity contribution in [1.82, 2.24) is 9.62 Å². The minimum Gasteiger partial charge on any atom is -0.316 e. The summed E-state index contributed by atoms with van der Waals surface area (Å²) in [6, 6.07) is 7.89. The monoisotopic (exact) mass is 314 g/mol. The van der Waals surface area contributed by atoms with Gasteiger partial charge >= 0.3 is 0 Å². The highest BCUT2D eigenvalue weighted by Gasteiger charge is 2.29. The van der Waals surface area contributed by atoms with E-state index in [1.54, 1.807) is 4.31 Å². The molecule has 1 N–H and O–H groups in total. The van der Waals surface area contributed by atoms with Crippen molar-refractivity contribution >= 4 is 21.8 Å². The van der Waals surface area contributed by atoms with Crippen molar-refractivity contribution in [1.29, 1.82) is 0 Å². The molecule has 1 unspecified atom stereocenters. The van der Waals surface area contributed by atoms with Crippen LogP contribution in [0.5, 0.6) is 0 Å². The predicted octanol–water partition coefficient (Wildman–Crippen LogP) is 1.67. The first-order valence-electron chi connectivity index (χ1n) is 6.82. The second-order valence-electron chi connectivity index (χ2n) is 5.14. The molecule has 0 spiro atoms. The summed E-state index contributed by atoms with van der Waals surface area (Å²) in [4.78, 5) is 0. The lowest BCUT2D eigenvalue weighted by Crippen LogP contribution is -2.44. The Morgan fingerprint density at radius 2 is 2.15 bits per heavy atom. The molecule has 1 heterocycles. The van der Waals surface area contributed by atoms with Crippen molar-refractivity contribution in [2.45, 2.75) is 25.3 Å². The zero-order valence-electron chi connectivity index (χ0n) is 12.0. The summed E-state index contributed by atoms with van der Waals surface area (Å²) in [5, 5.41) is 3.08. The maximum absolute atomic E-state index is 12.5. The Labute approximate surface area is 126 Å². The van der Waals surface area contributed by atoms with E-state index >= 15 is 0 Å².